The third-order valence-corrected chi connectivity index (χ3v) is 4.94. The summed E-state index contributed by atoms with van der Waals surface area (Å²) in [7, 11) is 1.85. The fourth-order valence-corrected chi connectivity index (χ4v) is 3.59. The highest BCUT2D eigenvalue weighted by Crippen LogP contribution is 2.39. The molecule has 2 aromatic heterocycles. The first-order valence-electron chi connectivity index (χ1n) is 8.10. The van der Waals surface area contributed by atoms with Crippen molar-refractivity contribution in [2.75, 3.05) is 30.4 Å². The lowest BCUT2D eigenvalue weighted by Crippen LogP contribution is -2.36. The molecule has 1 atom stereocenters. The van der Waals surface area contributed by atoms with Crippen molar-refractivity contribution in [3.63, 3.8) is 0 Å². The minimum Gasteiger partial charge on any atom is -0.383 e. The summed E-state index contributed by atoms with van der Waals surface area (Å²) in [6.45, 7) is 1.85. The normalized spacial score (nSPS) is 21.5. The highest BCUT2D eigenvalue weighted by molar-refractivity contribution is 6.32. The Morgan fingerprint density at radius 2 is 2.13 bits per heavy atom. The Morgan fingerprint density at radius 1 is 1.26 bits per heavy atom. The van der Waals surface area contributed by atoms with Gasteiger partial charge in [-0.2, -0.15) is 0 Å². The van der Waals surface area contributed by atoms with Gasteiger partial charge in [0.1, 0.15) is 24.2 Å². The van der Waals surface area contributed by atoms with Crippen LogP contribution < -0.4 is 10.2 Å². The molecule has 8 heteroatoms. The lowest BCUT2D eigenvalue weighted by molar-refractivity contribution is 0.469. The Bertz CT molecular complexity index is 697. The van der Waals surface area contributed by atoms with Crippen molar-refractivity contribution in [1.82, 2.24) is 24.7 Å². The second-order valence-corrected chi connectivity index (χ2v) is 6.58. The van der Waals surface area contributed by atoms with Gasteiger partial charge in [-0.15, -0.1) is 10.2 Å². The number of nitrogens with one attached hydrogen (secondary N) is 1. The van der Waals surface area contributed by atoms with Gasteiger partial charge in [0.15, 0.2) is 11.0 Å². The standard InChI is InChI=1S/C15H20ClN7/c1-17-12-13(16)18-8-19-15(12)22-6-2-3-10(7-22)14-21-20-9-23(14)11-4-5-11/h8-11,17H,2-7H2,1H3. The zero-order chi connectivity index (χ0) is 15.8. The molecule has 1 aliphatic carbocycles. The van der Waals surface area contributed by atoms with Crippen molar-refractivity contribution in [3.05, 3.63) is 23.6 Å². The van der Waals surface area contributed by atoms with Gasteiger partial charge in [-0.25, -0.2) is 9.97 Å². The summed E-state index contributed by atoms with van der Waals surface area (Å²) < 4.78 is 2.26. The van der Waals surface area contributed by atoms with E-state index in [4.69, 9.17) is 11.6 Å². The van der Waals surface area contributed by atoms with Gasteiger partial charge in [-0.05, 0) is 25.7 Å². The average molecular weight is 334 g/mol. The molecule has 1 saturated heterocycles. The average Bonchev–Trinajstić information content (AvgIpc) is 3.31. The molecule has 4 rings (SSSR count). The van der Waals surface area contributed by atoms with Crippen molar-refractivity contribution in [1.29, 1.82) is 0 Å². The predicted octanol–water partition coefficient (Wildman–Crippen LogP) is 2.48. The van der Waals surface area contributed by atoms with Crippen LogP contribution in [0.5, 0.6) is 0 Å². The predicted molar refractivity (Wildman–Crippen MR) is 89.1 cm³/mol. The molecule has 0 amide bonds. The summed E-state index contributed by atoms with van der Waals surface area (Å²) in [5, 5.41) is 12.1. The van der Waals surface area contributed by atoms with E-state index in [1.807, 2.05) is 13.4 Å². The topological polar surface area (TPSA) is 71.8 Å². The first kappa shape index (κ1) is 14.7. The van der Waals surface area contributed by atoms with Gasteiger partial charge in [-0.1, -0.05) is 11.6 Å². The number of hydrogen-bond donors (Lipinski definition) is 1. The Hall–Kier alpha value is -1.89. The van der Waals surface area contributed by atoms with E-state index in [0.717, 1.165) is 43.3 Å². The highest BCUT2D eigenvalue weighted by Gasteiger charge is 2.32. The maximum absolute atomic E-state index is 6.19. The fraction of sp³-hybridized carbons (Fsp3) is 0.600. The molecule has 2 fully saturated rings. The van der Waals surface area contributed by atoms with Crippen LogP contribution in [0.15, 0.2) is 12.7 Å². The number of hydrogen-bond acceptors (Lipinski definition) is 6. The third-order valence-electron chi connectivity index (χ3n) is 4.66. The first-order chi connectivity index (χ1) is 11.3. The molecule has 23 heavy (non-hydrogen) atoms. The Kier molecular flexibility index (Phi) is 3.80. The van der Waals surface area contributed by atoms with Crippen LogP contribution in [0.3, 0.4) is 0 Å². The van der Waals surface area contributed by atoms with Gasteiger partial charge in [0.25, 0.3) is 0 Å². The van der Waals surface area contributed by atoms with Crippen molar-refractivity contribution in [3.8, 4) is 0 Å². The van der Waals surface area contributed by atoms with Gasteiger partial charge >= 0.3 is 0 Å². The highest BCUT2D eigenvalue weighted by atomic mass is 35.5. The largest absolute Gasteiger partial charge is 0.383 e. The monoisotopic (exact) mass is 333 g/mol. The number of anilines is 2. The van der Waals surface area contributed by atoms with Gasteiger partial charge in [0, 0.05) is 32.1 Å². The molecule has 1 saturated carbocycles. The molecule has 0 radical (unpaired) electrons. The van der Waals surface area contributed by atoms with Crippen LogP contribution in [-0.4, -0.2) is 44.9 Å². The summed E-state index contributed by atoms with van der Waals surface area (Å²) in [5.74, 6) is 2.36. The molecule has 0 aromatic carbocycles. The Morgan fingerprint density at radius 3 is 2.91 bits per heavy atom. The number of halogens is 1. The van der Waals surface area contributed by atoms with E-state index in [0.29, 0.717) is 17.1 Å². The number of piperidine rings is 1. The summed E-state index contributed by atoms with van der Waals surface area (Å²) in [6.07, 6.45) is 8.13. The maximum Gasteiger partial charge on any atom is 0.157 e. The number of rotatable bonds is 4. The molecule has 2 aromatic rings. The van der Waals surface area contributed by atoms with Crippen molar-refractivity contribution >= 4 is 23.1 Å². The molecule has 0 bridgehead atoms. The van der Waals surface area contributed by atoms with Crippen LogP contribution in [0.4, 0.5) is 11.5 Å². The Labute approximate surface area is 140 Å². The molecule has 0 spiro atoms. The third kappa shape index (κ3) is 2.73. The van der Waals surface area contributed by atoms with Gasteiger partial charge < -0.3 is 14.8 Å². The minimum atomic E-state index is 0.380. The minimum absolute atomic E-state index is 0.380. The molecule has 7 nitrogen and oxygen atoms in total. The van der Waals surface area contributed by atoms with E-state index in [1.54, 1.807) is 0 Å². The summed E-state index contributed by atoms with van der Waals surface area (Å²) >= 11 is 6.19. The van der Waals surface area contributed by atoms with E-state index >= 15 is 0 Å². The molecular formula is C15H20ClN7. The van der Waals surface area contributed by atoms with E-state index < -0.39 is 0 Å². The summed E-state index contributed by atoms with van der Waals surface area (Å²) in [6, 6.07) is 0.608. The number of nitrogens with zero attached hydrogens (tertiary/aromatic N) is 6. The molecule has 122 valence electrons. The van der Waals surface area contributed by atoms with Gasteiger partial charge in [0.05, 0.1) is 0 Å². The van der Waals surface area contributed by atoms with Gasteiger partial charge in [0.2, 0.25) is 0 Å². The van der Waals surface area contributed by atoms with Crippen LogP contribution in [0.25, 0.3) is 0 Å². The molecular weight excluding hydrogens is 314 g/mol. The maximum atomic E-state index is 6.19. The van der Waals surface area contributed by atoms with Crippen LogP contribution in [-0.2, 0) is 0 Å². The van der Waals surface area contributed by atoms with Crippen molar-refractivity contribution < 1.29 is 0 Å². The second-order valence-electron chi connectivity index (χ2n) is 6.23. The fourth-order valence-electron chi connectivity index (χ4n) is 3.37. The lowest BCUT2D eigenvalue weighted by Gasteiger charge is -2.34. The quantitative estimate of drug-likeness (QED) is 0.867. The Balaban J connectivity index is 1.60. The smallest absolute Gasteiger partial charge is 0.157 e. The van der Waals surface area contributed by atoms with E-state index in [-0.39, 0.29) is 0 Å². The second kappa shape index (κ2) is 5.96. The summed E-state index contributed by atoms with van der Waals surface area (Å²) in [4.78, 5) is 10.8. The first-order valence-corrected chi connectivity index (χ1v) is 8.48. The van der Waals surface area contributed by atoms with Crippen molar-refractivity contribution in [2.24, 2.45) is 0 Å². The zero-order valence-corrected chi connectivity index (χ0v) is 13.9. The van der Waals surface area contributed by atoms with E-state index in [1.165, 1.54) is 19.2 Å². The zero-order valence-electron chi connectivity index (χ0n) is 13.1. The molecule has 1 unspecified atom stereocenters. The van der Waals surface area contributed by atoms with Crippen LogP contribution in [0.2, 0.25) is 5.15 Å². The molecule has 1 N–H and O–H groups in total. The molecule has 3 heterocycles. The lowest BCUT2D eigenvalue weighted by atomic mass is 9.97. The molecule has 2 aliphatic rings. The van der Waals surface area contributed by atoms with Crippen molar-refractivity contribution in [2.45, 2.75) is 37.6 Å². The van der Waals surface area contributed by atoms with Crippen LogP contribution >= 0.6 is 11.6 Å². The van der Waals surface area contributed by atoms with Crippen LogP contribution in [0, 0.1) is 0 Å². The van der Waals surface area contributed by atoms with E-state index in [2.05, 4.69) is 34.9 Å². The van der Waals surface area contributed by atoms with E-state index in [9.17, 15) is 0 Å². The number of aromatic nitrogens is 5. The SMILES string of the molecule is CNc1c(Cl)ncnc1N1CCCC(c2nncn2C2CC2)C1. The molecule has 1 aliphatic heterocycles. The summed E-state index contributed by atoms with van der Waals surface area (Å²) in [5.41, 5.74) is 0.790. The van der Waals surface area contributed by atoms with Gasteiger partial charge in [-0.3, -0.25) is 0 Å². The van der Waals surface area contributed by atoms with Crippen LogP contribution in [0.1, 0.15) is 43.5 Å².